The van der Waals surface area contributed by atoms with E-state index >= 15 is 0 Å². The standard InChI is InChI=1S/C21H20N2O/c1-17(21(24)22-20-10-6-3-7-11-20)23-14-12-19(13-15-23)16-18-8-4-2-5-9-18/h2-15,17H,16H2,1H3/p+1/t17-/m1/s1. The normalized spacial score (nSPS) is 11.7. The van der Waals surface area contributed by atoms with Gasteiger partial charge in [-0.05, 0) is 29.7 Å². The number of aromatic nitrogens is 1. The number of nitrogens with one attached hydrogen (secondary N) is 1. The molecular formula is C21H21N2O+. The van der Waals surface area contributed by atoms with Crippen molar-refractivity contribution < 1.29 is 9.36 Å². The average Bonchev–Trinajstić information content (AvgIpc) is 2.63. The molecule has 24 heavy (non-hydrogen) atoms. The summed E-state index contributed by atoms with van der Waals surface area (Å²) in [5, 5.41) is 2.93. The Morgan fingerprint density at radius 1 is 0.875 bits per heavy atom. The van der Waals surface area contributed by atoms with Gasteiger partial charge in [-0.2, -0.15) is 4.57 Å². The predicted octanol–water partition coefficient (Wildman–Crippen LogP) is 3.76. The number of rotatable bonds is 5. The van der Waals surface area contributed by atoms with E-state index in [0.29, 0.717) is 0 Å². The Kier molecular flexibility index (Phi) is 5.02. The largest absolute Gasteiger partial charge is 0.320 e. The Labute approximate surface area is 142 Å². The average molecular weight is 317 g/mol. The number of carbonyl (C=O) groups is 1. The number of hydrogen-bond donors (Lipinski definition) is 1. The lowest BCUT2D eigenvalue weighted by Gasteiger charge is -2.09. The highest BCUT2D eigenvalue weighted by Crippen LogP contribution is 2.10. The van der Waals surface area contributed by atoms with Crippen molar-refractivity contribution >= 4 is 11.6 Å². The maximum atomic E-state index is 12.4. The third kappa shape index (κ3) is 4.07. The van der Waals surface area contributed by atoms with Crippen molar-refractivity contribution in [2.45, 2.75) is 19.4 Å². The molecule has 0 aliphatic heterocycles. The Bertz CT molecular complexity index is 783. The van der Waals surface area contributed by atoms with Crippen molar-refractivity contribution in [3.8, 4) is 0 Å². The molecular weight excluding hydrogens is 296 g/mol. The van der Waals surface area contributed by atoms with E-state index in [1.54, 1.807) is 0 Å². The predicted molar refractivity (Wildman–Crippen MR) is 95.7 cm³/mol. The van der Waals surface area contributed by atoms with E-state index in [-0.39, 0.29) is 11.9 Å². The summed E-state index contributed by atoms with van der Waals surface area (Å²) in [6, 6.07) is 23.8. The van der Waals surface area contributed by atoms with Crippen molar-refractivity contribution in [3.63, 3.8) is 0 Å². The van der Waals surface area contributed by atoms with Crippen LogP contribution in [0.5, 0.6) is 0 Å². The molecule has 0 fully saturated rings. The Morgan fingerprint density at radius 2 is 1.42 bits per heavy atom. The molecule has 0 unspecified atom stereocenters. The van der Waals surface area contributed by atoms with Crippen LogP contribution >= 0.6 is 0 Å². The molecule has 120 valence electrons. The molecule has 3 aromatic rings. The lowest BCUT2D eigenvalue weighted by Crippen LogP contribution is -2.44. The summed E-state index contributed by atoms with van der Waals surface area (Å²) in [4.78, 5) is 12.4. The Morgan fingerprint density at radius 3 is 2.04 bits per heavy atom. The van der Waals surface area contributed by atoms with E-state index in [9.17, 15) is 4.79 Å². The van der Waals surface area contributed by atoms with Crippen LogP contribution in [-0.4, -0.2) is 5.91 Å². The summed E-state index contributed by atoms with van der Waals surface area (Å²) in [5.41, 5.74) is 3.33. The van der Waals surface area contributed by atoms with Gasteiger partial charge in [0, 0.05) is 24.7 Å². The van der Waals surface area contributed by atoms with E-state index in [2.05, 4.69) is 41.7 Å². The van der Waals surface area contributed by atoms with Crippen LogP contribution in [0.3, 0.4) is 0 Å². The van der Waals surface area contributed by atoms with Gasteiger partial charge in [0.15, 0.2) is 12.4 Å². The molecule has 0 saturated heterocycles. The molecule has 1 atom stereocenters. The Hall–Kier alpha value is -2.94. The fourth-order valence-corrected chi connectivity index (χ4v) is 2.58. The molecule has 0 spiro atoms. The molecule has 0 aliphatic rings. The maximum absolute atomic E-state index is 12.4. The number of anilines is 1. The quantitative estimate of drug-likeness (QED) is 0.714. The summed E-state index contributed by atoms with van der Waals surface area (Å²) >= 11 is 0. The first-order valence-corrected chi connectivity index (χ1v) is 8.12. The van der Waals surface area contributed by atoms with Gasteiger partial charge in [-0.15, -0.1) is 0 Å². The smallest absolute Gasteiger partial charge is 0.293 e. The van der Waals surface area contributed by atoms with Gasteiger partial charge < -0.3 is 5.32 Å². The van der Waals surface area contributed by atoms with Crippen molar-refractivity contribution in [2.24, 2.45) is 0 Å². The first kappa shape index (κ1) is 15.9. The van der Waals surface area contributed by atoms with Crippen LogP contribution in [0.25, 0.3) is 0 Å². The van der Waals surface area contributed by atoms with Crippen LogP contribution in [0.2, 0.25) is 0 Å². The third-order valence-electron chi connectivity index (χ3n) is 4.04. The molecule has 0 aliphatic carbocycles. The van der Waals surface area contributed by atoms with E-state index in [4.69, 9.17) is 0 Å². The van der Waals surface area contributed by atoms with Crippen LogP contribution in [0.4, 0.5) is 5.69 Å². The first-order valence-electron chi connectivity index (χ1n) is 8.12. The molecule has 2 aromatic carbocycles. The maximum Gasteiger partial charge on any atom is 0.293 e. The molecule has 0 bridgehead atoms. The van der Waals surface area contributed by atoms with Crippen molar-refractivity contribution in [1.82, 2.24) is 0 Å². The van der Waals surface area contributed by atoms with Crippen LogP contribution in [-0.2, 0) is 11.2 Å². The van der Waals surface area contributed by atoms with E-state index in [0.717, 1.165) is 12.1 Å². The third-order valence-corrected chi connectivity index (χ3v) is 4.04. The Balaban J connectivity index is 1.65. The van der Waals surface area contributed by atoms with E-state index in [1.165, 1.54) is 11.1 Å². The number of hydrogen-bond acceptors (Lipinski definition) is 1. The highest BCUT2D eigenvalue weighted by atomic mass is 16.2. The van der Waals surface area contributed by atoms with Gasteiger partial charge in [0.1, 0.15) is 0 Å². The van der Waals surface area contributed by atoms with Gasteiger partial charge in [0.2, 0.25) is 6.04 Å². The minimum Gasteiger partial charge on any atom is -0.320 e. The van der Waals surface area contributed by atoms with Gasteiger partial charge >= 0.3 is 0 Å². The second-order valence-corrected chi connectivity index (χ2v) is 5.85. The number of carbonyl (C=O) groups excluding carboxylic acids is 1. The molecule has 1 amide bonds. The minimum absolute atomic E-state index is 0.0259. The van der Waals surface area contributed by atoms with Crippen molar-refractivity contribution in [3.05, 3.63) is 96.3 Å². The number of benzene rings is 2. The summed E-state index contributed by atoms with van der Waals surface area (Å²) < 4.78 is 1.92. The van der Waals surface area contributed by atoms with Crippen LogP contribution in [0.15, 0.2) is 85.2 Å². The molecule has 0 saturated carbocycles. The summed E-state index contributed by atoms with van der Waals surface area (Å²) in [5.74, 6) is -0.0259. The summed E-state index contributed by atoms with van der Waals surface area (Å²) in [7, 11) is 0. The zero-order chi connectivity index (χ0) is 16.8. The van der Waals surface area contributed by atoms with Crippen LogP contribution in [0.1, 0.15) is 24.1 Å². The fourth-order valence-electron chi connectivity index (χ4n) is 2.58. The molecule has 0 radical (unpaired) electrons. The van der Waals surface area contributed by atoms with Gasteiger partial charge in [-0.1, -0.05) is 48.5 Å². The second-order valence-electron chi connectivity index (χ2n) is 5.85. The van der Waals surface area contributed by atoms with Gasteiger partial charge in [-0.25, -0.2) is 0 Å². The monoisotopic (exact) mass is 317 g/mol. The number of para-hydroxylation sites is 1. The van der Waals surface area contributed by atoms with Gasteiger partial charge in [0.25, 0.3) is 5.91 Å². The highest BCUT2D eigenvalue weighted by Gasteiger charge is 2.21. The zero-order valence-corrected chi connectivity index (χ0v) is 13.7. The van der Waals surface area contributed by atoms with Crippen molar-refractivity contribution in [1.29, 1.82) is 0 Å². The lowest BCUT2D eigenvalue weighted by molar-refractivity contribution is -0.705. The highest BCUT2D eigenvalue weighted by molar-refractivity contribution is 5.92. The van der Waals surface area contributed by atoms with Crippen molar-refractivity contribution in [2.75, 3.05) is 5.32 Å². The SMILES string of the molecule is C[C@H](C(=O)Nc1ccccc1)[n+]1ccc(Cc2ccccc2)cc1. The van der Waals surface area contributed by atoms with Crippen LogP contribution in [0, 0.1) is 0 Å². The zero-order valence-electron chi connectivity index (χ0n) is 13.7. The molecule has 3 rings (SSSR count). The first-order chi connectivity index (χ1) is 11.7. The lowest BCUT2D eigenvalue weighted by atomic mass is 10.1. The minimum atomic E-state index is -0.268. The van der Waals surface area contributed by atoms with Crippen LogP contribution < -0.4 is 9.88 Å². The molecule has 3 heteroatoms. The van der Waals surface area contributed by atoms with E-state index in [1.807, 2.05) is 60.3 Å². The molecule has 1 heterocycles. The number of amides is 1. The molecule has 3 nitrogen and oxygen atoms in total. The van der Waals surface area contributed by atoms with E-state index < -0.39 is 0 Å². The second kappa shape index (κ2) is 7.55. The summed E-state index contributed by atoms with van der Waals surface area (Å²) in [6.07, 6.45) is 4.83. The molecule has 1 aromatic heterocycles. The fraction of sp³-hybridized carbons (Fsp3) is 0.143. The number of pyridine rings is 1. The topological polar surface area (TPSA) is 33.0 Å². The van der Waals surface area contributed by atoms with Gasteiger partial charge in [0.05, 0.1) is 0 Å². The number of nitrogens with zero attached hydrogens (tertiary/aromatic N) is 1. The molecule has 1 N–H and O–H groups in total. The van der Waals surface area contributed by atoms with Gasteiger partial charge in [-0.3, -0.25) is 4.79 Å². The summed E-state index contributed by atoms with van der Waals surface area (Å²) in [6.45, 7) is 1.90.